The molecule has 2 fully saturated rings. The van der Waals surface area contributed by atoms with Crippen molar-refractivity contribution in [3.63, 3.8) is 0 Å². The van der Waals surface area contributed by atoms with Gasteiger partial charge in [-0.3, -0.25) is 4.79 Å². The molecule has 41 heavy (non-hydrogen) atoms. The molecule has 2 saturated heterocycles. The van der Waals surface area contributed by atoms with Crippen molar-refractivity contribution < 1.29 is 27.5 Å². The molecule has 2 atom stereocenters. The van der Waals surface area contributed by atoms with Crippen molar-refractivity contribution in [3.8, 4) is 0 Å². The van der Waals surface area contributed by atoms with E-state index in [1.807, 2.05) is 11.8 Å². The molecule has 2 N–H and O–H groups in total. The first kappa shape index (κ1) is 31.2. The van der Waals surface area contributed by atoms with Gasteiger partial charge in [0.05, 0.1) is 11.7 Å². The lowest BCUT2D eigenvalue weighted by atomic mass is 10.0. The van der Waals surface area contributed by atoms with Gasteiger partial charge in [0.25, 0.3) is 0 Å². The maximum absolute atomic E-state index is 13.8. The first-order valence-corrected chi connectivity index (χ1v) is 14.2. The summed E-state index contributed by atoms with van der Waals surface area (Å²) >= 11 is 12.4. The van der Waals surface area contributed by atoms with E-state index in [9.17, 15) is 22.8 Å². The Bertz CT molecular complexity index is 1240. The number of benzene rings is 2. The molecule has 3 amide bonds. The second-order valence-corrected chi connectivity index (χ2v) is 11.1. The number of hydrogen-bond donors (Lipinski definition) is 2. The summed E-state index contributed by atoms with van der Waals surface area (Å²) in [4.78, 5) is 31.6. The number of urea groups is 1. The van der Waals surface area contributed by atoms with Gasteiger partial charge in [-0.25, -0.2) is 4.79 Å². The molecule has 0 bridgehead atoms. The maximum atomic E-state index is 13.8. The summed E-state index contributed by atoms with van der Waals surface area (Å²) in [5.74, 6) is -0.199. The van der Waals surface area contributed by atoms with Gasteiger partial charge in [-0.2, -0.15) is 13.2 Å². The third-order valence-electron chi connectivity index (χ3n) is 7.47. The maximum Gasteiger partial charge on any atom is 0.416 e. The number of carbonyl (C=O) groups is 2. The molecular formula is C28H34Cl2F3N5O3. The third-order valence-corrected chi connectivity index (χ3v) is 8.05. The number of alkyl halides is 3. The van der Waals surface area contributed by atoms with Gasteiger partial charge in [-0.1, -0.05) is 29.3 Å². The number of methoxy groups -OCH3 is 1. The molecule has 0 aliphatic carbocycles. The molecule has 2 heterocycles. The first-order valence-electron chi connectivity index (χ1n) is 13.4. The molecular weight excluding hydrogens is 582 g/mol. The standard InChI is InChI=1S/C28H34Cl2F3N5O3/c1-18(41-2)16-34-17-20-13-21(28(31,32)33)4-6-24(20)36-9-11-37(12-10-36)26(39)25(38-8-7-35-27(38)40)14-19-3-5-22(29)15-23(19)30/h3-6,13,15,18,25,34H,7-12,14,16-17H2,1-2H3,(H,35,40). The average molecular weight is 617 g/mol. The van der Waals surface area contributed by atoms with Crippen LogP contribution in [0, 0.1) is 0 Å². The van der Waals surface area contributed by atoms with Gasteiger partial charge in [0.15, 0.2) is 0 Å². The lowest BCUT2D eigenvalue weighted by molar-refractivity contribution is -0.138. The zero-order valence-electron chi connectivity index (χ0n) is 22.9. The van der Waals surface area contributed by atoms with Crippen LogP contribution in [0.25, 0.3) is 0 Å². The van der Waals surface area contributed by atoms with Crippen molar-refractivity contribution in [1.29, 1.82) is 0 Å². The van der Waals surface area contributed by atoms with Crippen LogP contribution in [0.3, 0.4) is 0 Å². The molecule has 2 unspecified atom stereocenters. The Kier molecular flexibility index (Phi) is 10.3. The molecule has 2 aromatic carbocycles. The van der Waals surface area contributed by atoms with Crippen LogP contribution in [0.15, 0.2) is 36.4 Å². The minimum atomic E-state index is -4.46. The fourth-order valence-electron chi connectivity index (χ4n) is 5.09. The average Bonchev–Trinajstić information content (AvgIpc) is 3.37. The lowest BCUT2D eigenvalue weighted by Gasteiger charge is -2.39. The van der Waals surface area contributed by atoms with Gasteiger partial charge in [0, 0.05) is 81.6 Å². The summed E-state index contributed by atoms with van der Waals surface area (Å²) in [6, 6.07) is 7.75. The predicted molar refractivity (Wildman–Crippen MR) is 152 cm³/mol. The number of ether oxygens (including phenoxy) is 1. The van der Waals surface area contributed by atoms with E-state index < -0.39 is 17.8 Å². The van der Waals surface area contributed by atoms with Crippen LogP contribution in [-0.4, -0.2) is 86.8 Å². The van der Waals surface area contributed by atoms with Crippen molar-refractivity contribution in [2.45, 2.75) is 38.2 Å². The number of amides is 3. The van der Waals surface area contributed by atoms with Crippen LogP contribution in [0.5, 0.6) is 0 Å². The number of halogens is 5. The highest BCUT2D eigenvalue weighted by Gasteiger charge is 2.37. The minimum absolute atomic E-state index is 0.0906. The summed E-state index contributed by atoms with van der Waals surface area (Å²) in [6.45, 7) is 5.00. The van der Waals surface area contributed by atoms with Crippen molar-refractivity contribution in [1.82, 2.24) is 20.4 Å². The van der Waals surface area contributed by atoms with Gasteiger partial charge in [0.2, 0.25) is 5.91 Å². The molecule has 224 valence electrons. The van der Waals surface area contributed by atoms with E-state index in [4.69, 9.17) is 27.9 Å². The van der Waals surface area contributed by atoms with Crippen LogP contribution in [-0.2, 0) is 28.7 Å². The highest BCUT2D eigenvalue weighted by Crippen LogP contribution is 2.33. The van der Waals surface area contributed by atoms with Crippen LogP contribution in [0.2, 0.25) is 10.0 Å². The van der Waals surface area contributed by atoms with E-state index in [2.05, 4.69) is 10.6 Å². The van der Waals surface area contributed by atoms with Crippen LogP contribution in [0.1, 0.15) is 23.6 Å². The Morgan fingerprint density at radius 3 is 2.41 bits per heavy atom. The molecule has 0 aromatic heterocycles. The Labute approximate surface area is 247 Å². The highest BCUT2D eigenvalue weighted by molar-refractivity contribution is 6.35. The second kappa shape index (κ2) is 13.5. The summed E-state index contributed by atoms with van der Waals surface area (Å²) < 4.78 is 45.6. The van der Waals surface area contributed by atoms with Crippen molar-refractivity contribution in [2.24, 2.45) is 0 Å². The third kappa shape index (κ3) is 7.77. The zero-order valence-corrected chi connectivity index (χ0v) is 24.5. The Morgan fingerprint density at radius 1 is 1.07 bits per heavy atom. The molecule has 2 aliphatic rings. The Balaban J connectivity index is 1.49. The second-order valence-electron chi connectivity index (χ2n) is 10.2. The number of piperazine rings is 1. The summed E-state index contributed by atoms with van der Waals surface area (Å²) in [5.41, 5.74) is 1.20. The molecule has 0 radical (unpaired) electrons. The van der Waals surface area contributed by atoms with Crippen LogP contribution >= 0.6 is 23.2 Å². The topological polar surface area (TPSA) is 77.2 Å². The number of carbonyl (C=O) groups excluding carboxylic acids is 2. The number of rotatable bonds is 10. The van der Waals surface area contributed by atoms with Gasteiger partial charge in [-0.15, -0.1) is 0 Å². The minimum Gasteiger partial charge on any atom is -0.380 e. The molecule has 8 nitrogen and oxygen atoms in total. The number of anilines is 1. The fraction of sp³-hybridized carbons (Fsp3) is 0.500. The van der Waals surface area contributed by atoms with Crippen molar-refractivity contribution in [3.05, 3.63) is 63.1 Å². The fourth-order valence-corrected chi connectivity index (χ4v) is 5.58. The quantitative estimate of drug-likeness (QED) is 0.414. The number of nitrogens with zero attached hydrogens (tertiary/aromatic N) is 3. The lowest BCUT2D eigenvalue weighted by Crippen LogP contribution is -2.56. The highest BCUT2D eigenvalue weighted by atomic mass is 35.5. The number of hydrogen-bond acceptors (Lipinski definition) is 5. The van der Waals surface area contributed by atoms with Gasteiger partial charge < -0.3 is 30.1 Å². The zero-order chi connectivity index (χ0) is 29.7. The first-order chi connectivity index (χ1) is 19.5. The molecule has 2 aliphatic heterocycles. The SMILES string of the molecule is COC(C)CNCc1cc(C(F)(F)F)ccc1N1CCN(C(=O)C(Cc2ccc(Cl)cc2Cl)N2CCNC2=O)CC1. The Hall–Kier alpha value is -2.73. The van der Waals surface area contributed by atoms with Gasteiger partial charge in [0.1, 0.15) is 6.04 Å². The van der Waals surface area contributed by atoms with Crippen LogP contribution < -0.4 is 15.5 Å². The summed E-state index contributed by atoms with van der Waals surface area (Å²) in [5, 5.41) is 6.82. The van der Waals surface area contributed by atoms with Crippen molar-refractivity contribution in [2.75, 3.05) is 57.8 Å². The van der Waals surface area contributed by atoms with Crippen LogP contribution in [0.4, 0.5) is 23.7 Å². The Morgan fingerprint density at radius 2 is 1.80 bits per heavy atom. The van der Waals surface area contributed by atoms with E-state index in [0.717, 1.165) is 6.07 Å². The largest absolute Gasteiger partial charge is 0.416 e. The van der Waals surface area contributed by atoms with E-state index in [1.54, 1.807) is 30.2 Å². The van der Waals surface area contributed by atoms with E-state index in [-0.39, 0.29) is 31.0 Å². The van der Waals surface area contributed by atoms with Gasteiger partial charge >= 0.3 is 12.2 Å². The van der Waals surface area contributed by atoms with E-state index in [1.165, 1.54) is 17.0 Å². The van der Waals surface area contributed by atoms with Crippen molar-refractivity contribution >= 4 is 40.8 Å². The molecule has 2 aromatic rings. The summed E-state index contributed by atoms with van der Waals surface area (Å²) in [6.07, 6.45) is -4.31. The van der Waals surface area contributed by atoms with E-state index >= 15 is 0 Å². The molecule has 4 rings (SSSR count). The predicted octanol–water partition coefficient (Wildman–Crippen LogP) is 4.42. The monoisotopic (exact) mass is 615 g/mol. The van der Waals surface area contributed by atoms with Gasteiger partial charge in [-0.05, 0) is 48.4 Å². The number of nitrogens with one attached hydrogen (secondary N) is 2. The van der Waals surface area contributed by atoms with E-state index in [0.29, 0.717) is 72.7 Å². The normalized spacial score (nSPS) is 17.5. The summed E-state index contributed by atoms with van der Waals surface area (Å²) in [7, 11) is 1.58. The molecule has 0 saturated carbocycles. The molecule has 13 heteroatoms. The molecule has 0 spiro atoms. The smallest absolute Gasteiger partial charge is 0.380 e.